The Bertz CT molecular complexity index is 407. The molecule has 0 aliphatic carbocycles. The average Bonchev–Trinajstić information content (AvgIpc) is 2.33. The van der Waals surface area contributed by atoms with Crippen LogP contribution in [0.15, 0.2) is 18.2 Å². The Labute approximate surface area is 108 Å². The van der Waals surface area contributed by atoms with E-state index >= 15 is 0 Å². The van der Waals surface area contributed by atoms with Gasteiger partial charge in [0.05, 0.1) is 7.11 Å². The van der Waals surface area contributed by atoms with Crippen molar-refractivity contribution in [1.82, 2.24) is 4.90 Å². The minimum atomic E-state index is -0.210. The number of esters is 1. The van der Waals surface area contributed by atoms with Gasteiger partial charge < -0.3 is 9.64 Å². The second-order valence-corrected chi connectivity index (χ2v) is 4.49. The largest absolute Gasteiger partial charge is 0.469 e. The second kappa shape index (κ2) is 7.11. The molecule has 0 radical (unpaired) electrons. The van der Waals surface area contributed by atoms with Crippen LogP contribution in [0, 0.1) is 12.7 Å². The molecule has 0 atom stereocenters. The summed E-state index contributed by atoms with van der Waals surface area (Å²) in [6, 6.07) is 4.81. The summed E-state index contributed by atoms with van der Waals surface area (Å²) >= 11 is 0. The number of methoxy groups -OCH3 is 1. The first-order valence-electron chi connectivity index (χ1n) is 6.03. The van der Waals surface area contributed by atoms with Crippen LogP contribution in [-0.2, 0) is 16.1 Å². The van der Waals surface area contributed by atoms with E-state index < -0.39 is 0 Å². The van der Waals surface area contributed by atoms with Gasteiger partial charge in [0.1, 0.15) is 5.82 Å². The first kappa shape index (κ1) is 14.6. The molecule has 1 aromatic carbocycles. The minimum absolute atomic E-state index is 0.190. The van der Waals surface area contributed by atoms with Crippen molar-refractivity contribution in [2.75, 3.05) is 20.7 Å². The summed E-state index contributed by atoms with van der Waals surface area (Å²) < 4.78 is 17.7. The monoisotopic (exact) mass is 253 g/mol. The topological polar surface area (TPSA) is 29.5 Å². The fraction of sp³-hybridized carbons (Fsp3) is 0.500. The van der Waals surface area contributed by atoms with Crippen molar-refractivity contribution in [3.05, 3.63) is 35.1 Å². The van der Waals surface area contributed by atoms with Crippen molar-refractivity contribution in [1.29, 1.82) is 0 Å². The van der Waals surface area contributed by atoms with Crippen LogP contribution in [0.1, 0.15) is 24.0 Å². The van der Waals surface area contributed by atoms with Gasteiger partial charge in [-0.3, -0.25) is 4.79 Å². The minimum Gasteiger partial charge on any atom is -0.469 e. The van der Waals surface area contributed by atoms with Crippen LogP contribution in [0.4, 0.5) is 4.39 Å². The molecule has 1 aromatic rings. The number of carbonyl (C=O) groups is 1. The van der Waals surface area contributed by atoms with Gasteiger partial charge in [-0.2, -0.15) is 0 Å². The zero-order valence-electron chi connectivity index (χ0n) is 11.2. The number of nitrogens with zero attached hydrogens (tertiary/aromatic N) is 1. The number of benzene rings is 1. The third kappa shape index (κ3) is 4.84. The Morgan fingerprint density at radius 1 is 1.44 bits per heavy atom. The number of halogens is 1. The summed E-state index contributed by atoms with van der Waals surface area (Å²) in [5, 5.41) is 0. The van der Waals surface area contributed by atoms with Crippen molar-refractivity contribution in [3.63, 3.8) is 0 Å². The molecule has 0 saturated carbocycles. The van der Waals surface area contributed by atoms with Gasteiger partial charge >= 0.3 is 5.97 Å². The van der Waals surface area contributed by atoms with E-state index in [9.17, 15) is 9.18 Å². The molecular weight excluding hydrogens is 233 g/mol. The first-order chi connectivity index (χ1) is 8.52. The molecule has 0 fully saturated rings. The summed E-state index contributed by atoms with van der Waals surface area (Å²) in [7, 11) is 3.35. The van der Waals surface area contributed by atoms with Gasteiger partial charge in [0.15, 0.2) is 0 Å². The normalized spacial score (nSPS) is 10.7. The van der Waals surface area contributed by atoms with Crippen molar-refractivity contribution in [2.45, 2.75) is 26.3 Å². The lowest BCUT2D eigenvalue weighted by molar-refractivity contribution is -0.140. The smallest absolute Gasteiger partial charge is 0.305 e. The molecule has 100 valence electrons. The molecule has 18 heavy (non-hydrogen) atoms. The van der Waals surface area contributed by atoms with Crippen molar-refractivity contribution in [2.24, 2.45) is 0 Å². The Hall–Kier alpha value is -1.42. The maximum atomic E-state index is 13.1. The predicted molar refractivity (Wildman–Crippen MR) is 68.7 cm³/mol. The van der Waals surface area contributed by atoms with E-state index in [1.165, 1.54) is 13.2 Å². The number of ether oxygens (including phenoxy) is 1. The lowest BCUT2D eigenvalue weighted by atomic mass is 10.1. The van der Waals surface area contributed by atoms with Gasteiger partial charge in [-0.25, -0.2) is 4.39 Å². The molecule has 0 bridgehead atoms. The molecule has 3 nitrogen and oxygen atoms in total. The quantitative estimate of drug-likeness (QED) is 0.730. The zero-order chi connectivity index (χ0) is 13.5. The number of hydrogen-bond donors (Lipinski definition) is 0. The molecule has 4 heteroatoms. The van der Waals surface area contributed by atoms with Gasteiger partial charge in [-0.15, -0.1) is 0 Å². The summed E-state index contributed by atoms with van der Waals surface area (Å²) in [5.41, 5.74) is 2.06. The molecular formula is C14H20FNO2. The van der Waals surface area contributed by atoms with E-state index in [4.69, 9.17) is 0 Å². The molecule has 0 spiro atoms. The summed E-state index contributed by atoms with van der Waals surface area (Å²) in [4.78, 5) is 13.0. The van der Waals surface area contributed by atoms with E-state index in [0.29, 0.717) is 13.0 Å². The summed E-state index contributed by atoms with van der Waals surface area (Å²) in [6.07, 6.45) is 1.17. The van der Waals surface area contributed by atoms with E-state index in [2.05, 4.69) is 9.64 Å². The van der Waals surface area contributed by atoms with Gasteiger partial charge in [-0.1, -0.05) is 6.07 Å². The van der Waals surface area contributed by atoms with Gasteiger partial charge in [0.2, 0.25) is 0 Å². The van der Waals surface area contributed by atoms with E-state index in [1.54, 1.807) is 12.1 Å². The average molecular weight is 253 g/mol. The van der Waals surface area contributed by atoms with Crippen molar-refractivity contribution in [3.8, 4) is 0 Å². The lowest BCUT2D eigenvalue weighted by Crippen LogP contribution is -2.20. The first-order valence-corrected chi connectivity index (χ1v) is 6.03. The van der Waals surface area contributed by atoms with Crippen LogP contribution < -0.4 is 0 Å². The van der Waals surface area contributed by atoms with Gasteiger partial charge in [0.25, 0.3) is 0 Å². The van der Waals surface area contributed by atoms with Crippen LogP contribution >= 0.6 is 0 Å². The third-order valence-electron chi connectivity index (χ3n) is 2.90. The van der Waals surface area contributed by atoms with E-state index in [1.807, 2.05) is 14.0 Å². The Kier molecular flexibility index (Phi) is 5.78. The molecule has 0 unspecified atom stereocenters. The molecule has 0 saturated heterocycles. The highest BCUT2D eigenvalue weighted by Crippen LogP contribution is 2.12. The van der Waals surface area contributed by atoms with Gasteiger partial charge in [-0.05, 0) is 50.2 Å². The standard InChI is InChI=1S/C14H20FNO2/c1-11-6-7-13(15)9-12(11)10-16(2)8-4-5-14(17)18-3/h6-7,9H,4-5,8,10H2,1-3H3. The highest BCUT2D eigenvalue weighted by Gasteiger charge is 2.06. The third-order valence-corrected chi connectivity index (χ3v) is 2.90. The molecule has 0 amide bonds. The van der Waals surface area contributed by atoms with E-state index in [0.717, 1.165) is 24.1 Å². The fourth-order valence-corrected chi connectivity index (χ4v) is 1.78. The Morgan fingerprint density at radius 2 is 2.17 bits per heavy atom. The summed E-state index contributed by atoms with van der Waals surface area (Å²) in [5.74, 6) is -0.399. The molecule has 1 rings (SSSR count). The molecule has 0 aromatic heterocycles. The number of hydrogen-bond acceptors (Lipinski definition) is 3. The van der Waals surface area contributed by atoms with Crippen LogP contribution in [-0.4, -0.2) is 31.6 Å². The molecule has 0 aliphatic heterocycles. The zero-order valence-corrected chi connectivity index (χ0v) is 11.2. The maximum Gasteiger partial charge on any atom is 0.305 e. The highest BCUT2D eigenvalue weighted by molar-refractivity contribution is 5.69. The Balaban J connectivity index is 2.42. The van der Waals surface area contributed by atoms with Crippen LogP contribution in [0.2, 0.25) is 0 Å². The maximum absolute atomic E-state index is 13.1. The van der Waals surface area contributed by atoms with Crippen molar-refractivity contribution < 1.29 is 13.9 Å². The predicted octanol–water partition coefficient (Wildman–Crippen LogP) is 2.52. The summed E-state index contributed by atoms with van der Waals surface area (Å²) in [6.45, 7) is 3.44. The van der Waals surface area contributed by atoms with Crippen LogP contribution in [0.25, 0.3) is 0 Å². The Morgan fingerprint density at radius 3 is 2.83 bits per heavy atom. The SMILES string of the molecule is COC(=O)CCCN(C)Cc1cc(F)ccc1C. The van der Waals surface area contributed by atoms with Gasteiger partial charge in [0, 0.05) is 13.0 Å². The number of rotatable bonds is 6. The molecule has 0 heterocycles. The number of aryl methyl sites for hydroxylation is 1. The highest BCUT2D eigenvalue weighted by atomic mass is 19.1. The second-order valence-electron chi connectivity index (χ2n) is 4.49. The van der Waals surface area contributed by atoms with Crippen LogP contribution in [0.5, 0.6) is 0 Å². The lowest BCUT2D eigenvalue weighted by Gasteiger charge is -2.17. The van der Waals surface area contributed by atoms with Crippen molar-refractivity contribution >= 4 is 5.97 Å². The molecule has 0 N–H and O–H groups in total. The molecule has 0 aliphatic rings. The fourth-order valence-electron chi connectivity index (χ4n) is 1.78. The van der Waals surface area contributed by atoms with E-state index in [-0.39, 0.29) is 11.8 Å². The van der Waals surface area contributed by atoms with Crippen LogP contribution in [0.3, 0.4) is 0 Å². The number of carbonyl (C=O) groups excluding carboxylic acids is 1.